The van der Waals surface area contributed by atoms with Crippen molar-refractivity contribution < 1.29 is 19.4 Å². The van der Waals surface area contributed by atoms with Crippen LogP contribution in [-0.2, 0) is 9.53 Å². The van der Waals surface area contributed by atoms with Crippen LogP contribution in [0.1, 0.15) is 64.9 Å². The van der Waals surface area contributed by atoms with E-state index >= 15 is 0 Å². The van der Waals surface area contributed by atoms with Crippen LogP contribution in [0.4, 0.5) is 4.79 Å². The van der Waals surface area contributed by atoms with Crippen molar-refractivity contribution in [2.24, 2.45) is 0 Å². The highest BCUT2D eigenvalue weighted by atomic mass is 16.6. The number of ether oxygens (including phenoxy) is 1. The number of nitrogens with zero attached hydrogens (tertiary/aromatic N) is 4. The maximum atomic E-state index is 13.0. The SMILES string of the molecule is CC(C)(C)OC(=O)N1CCC[C@@H]1C(=O)N1CCN(C2CCCC2)CC1.N#Cc1ccc(O)cc1. The van der Waals surface area contributed by atoms with E-state index in [1.807, 2.05) is 31.7 Å². The number of carbonyl (C=O) groups is 2. The smallest absolute Gasteiger partial charge is 0.410 e. The lowest BCUT2D eigenvalue weighted by Gasteiger charge is -2.39. The summed E-state index contributed by atoms with van der Waals surface area (Å²) in [5.74, 6) is 0.295. The van der Waals surface area contributed by atoms with Gasteiger partial charge >= 0.3 is 6.09 Å². The van der Waals surface area contributed by atoms with Crippen LogP contribution in [0.3, 0.4) is 0 Å². The van der Waals surface area contributed by atoms with Crippen LogP contribution in [0.25, 0.3) is 0 Å². The van der Waals surface area contributed by atoms with E-state index in [0.29, 0.717) is 12.1 Å². The standard InChI is InChI=1S/C19H33N3O3.C7H5NO/c1-19(2,3)25-18(24)22-10-6-9-16(22)17(23)21-13-11-20(12-14-21)15-7-4-5-8-15;8-5-6-1-3-7(9)4-2-6/h15-16H,4-14H2,1-3H3;1-4,9H/t16-;/m1./s1. The molecule has 1 saturated carbocycles. The van der Waals surface area contributed by atoms with E-state index in [1.54, 1.807) is 17.0 Å². The third-order valence-electron chi connectivity index (χ3n) is 6.63. The normalized spacial score (nSPS) is 21.5. The number of nitriles is 1. The lowest BCUT2D eigenvalue weighted by Crippen LogP contribution is -2.56. The van der Waals surface area contributed by atoms with Crippen molar-refractivity contribution in [3.8, 4) is 11.8 Å². The number of hydrogen-bond donors (Lipinski definition) is 1. The van der Waals surface area contributed by atoms with Crippen LogP contribution in [0.15, 0.2) is 24.3 Å². The zero-order valence-corrected chi connectivity index (χ0v) is 20.7. The number of amides is 2. The van der Waals surface area contributed by atoms with Gasteiger partial charge < -0.3 is 14.7 Å². The Bertz CT molecular complexity index is 860. The van der Waals surface area contributed by atoms with E-state index in [1.165, 1.54) is 37.8 Å². The highest BCUT2D eigenvalue weighted by Crippen LogP contribution is 2.26. The monoisotopic (exact) mass is 470 g/mol. The summed E-state index contributed by atoms with van der Waals surface area (Å²) in [5.41, 5.74) is 0.0352. The van der Waals surface area contributed by atoms with Crippen molar-refractivity contribution in [3.05, 3.63) is 29.8 Å². The minimum Gasteiger partial charge on any atom is -0.508 e. The maximum Gasteiger partial charge on any atom is 0.410 e. The van der Waals surface area contributed by atoms with Gasteiger partial charge in [-0.3, -0.25) is 14.6 Å². The van der Waals surface area contributed by atoms with Crippen LogP contribution < -0.4 is 0 Å². The molecule has 1 aromatic carbocycles. The van der Waals surface area contributed by atoms with Gasteiger partial charge in [-0.1, -0.05) is 12.8 Å². The van der Waals surface area contributed by atoms with Crippen LogP contribution in [0.5, 0.6) is 5.75 Å². The number of phenols is 1. The van der Waals surface area contributed by atoms with E-state index in [2.05, 4.69) is 4.90 Å². The highest BCUT2D eigenvalue weighted by molar-refractivity contribution is 5.86. The molecule has 0 unspecified atom stereocenters. The number of rotatable bonds is 2. The molecule has 1 N–H and O–H groups in total. The lowest BCUT2D eigenvalue weighted by atomic mass is 10.1. The van der Waals surface area contributed by atoms with Gasteiger partial charge in [0.05, 0.1) is 11.6 Å². The fourth-order valence-corrected chi connectivity index (χ4v) is 4.89. The molecule has 34 heavy (non-hydrogen) atoms. The molecule has 0 bridgehead atoms. The first-order valence-corrected chi connectivity index (χ1v) is 12.4. The second-order valence-corrected chi connectivity index (χ2v) is 10.3. The summed E-state index contributed by atoms with van der Waals surface area (Å²) in [6.07, 6.45) is 6.57. The molecule has 4 rings (SSSR count). The first kappa shape index (κ1) is 25.8. The van der Waals surface area contributed by atoms with Crippen LogP contribution in [-0.4, -0.2) is 82.2 Å². The fourth-order valence-electron chi connectivity index (χ4n) is 4.89. The van der Waals surface area contributed by atoms with Gasteiger partial charge in [0.25, 0.3) is 0 Å². The number of piperazine rings is 1. The van der Waals surface area contributed by atoms with Crippen molar-refractivity contribution >= 4 is 12.0 Å². The number of phenolic OH excluding ortho intramolecular Hbond substituents is 1. The zero-order valence-electron chi connectivity index (χ0n) is 20.7. The minimum absolute atomic E-state index is 0.106. The molecule has 186 valence electrons. The molecule has 3 fully saturated rings. The van der Waals surface area contributed by atoms with Gasteiger partial charge in [0.15, 0.2) is 0 Å². The van der Waals surface area contributed by atoms with Crippen LogP contribution in [0.2, 0.25) is 0 Å². The van der Waals surface area contributed by atoms with E-state index in [-0.39, 0.29) is 23.8 Å². The van der Waals surface area contributed by atoms with E-state index < -0.39 is 5.60 Å². The third-order valence-corrected chi connectivity index (χ3v) is 6.63. The molecule has 0 aromatic heterocycles. The lowest BCUT2D eigenvalue weighted by molar-refractivity contribution is -0.138. The van der Waals surface area contributed by atoms with Crippen molar-refractivity contribution in [1.29, 1.82) is 5.26 Å². The average Bonchev–Trinajstić information content (AvgIpc) is 3.51. The second kappa shape index (κ2) is 11.6. The third kappa shape index (κ3) is 7.10. The van der Waals surface area contributed by atoms with E-state index in [0.717, 1.165) is 45.1 Å². The molecule has 2 amide bonds. The average molecular weight is 471 g/mol. The Balaban J connectivity index is 0.000000302. The Morgan fingerprint density at radius 1 is 0.971 bits per heavy atom. The van der Waals surface area contributed by atoms with Gasteiger partial charge in [0.2, 0.25) is 5.91 Å². The second-order valence-electron chi connectivity index (χ2n) is 10.3. The largest absolute Gasteiger partial charge is 0.508 e. The van der Waals surface area contributed by atoms with Crippen molar-refractivity contribution in [1.82, 2.24) is 14.7 Å². The maximum absolute atomic E-state index is 13.0. The summed E-state index contributed by atoms with van der Waals surface area (Å²) in [5, 5.41) is 17.0. The first-order valence-electron chi connectivity index (χ1n) is 12.4. The molecule has 2 heterocycles. The molecular formula is C26H38N4O4. The molecule has 1 aliphatic carbocycles. The molecule has 3 aliphatic rings. The molecule has 2 aliphatic heterocycles. The van der Waals surface area contributed by atoms with Crippen LogP contribution >= 0.6 is 0 Å². The Kier molecular flexibility index (Phi) is 8.78. The predicted molar refractivity (Wildman–Crippen MR) is 129 cm³/mol. The van der Waals surface area contributed by atoms with Gasteiger partial charge in [-0.05, 0) is 70.7 Å². The quantitative estimate of drug-likeness (QED) is 0.707. The van der Waals surface area contributed by atoms with Gasteiger partial charge in [0, 0.05) is 38.8 Å². The summed E-state index contributed by atoms with van der Waals surface area (Å²) in [4.78, 5) is 31.5. The molecule has 1 atom stereocenters. The molecule has 0 spiro atoms. The molecule has 2 saturated heterocycles. The first-order chi connectivity index (χ1) is 16.2. The summed E-state index contributed by atoms with van der Waals surface area (Å²) in [6, 6.07) is 8.43. The highest BCUT2D eigenvalue weighted by Gasteiger charge is 2.39. The van der Waals surface area contributed by atoms with Gasteiger partial charge in [-0.15, -0.1) is 0 Å². The summed E-state index contributed by atoms with van der Waals surface area (Å²) >= 11 is 0. The van der Waals surface area contributed by atoms with Crippen molar-refractivity contribution in [3.63, 3.8) is 0 Å². The Hall–Kier alpha value is -2.79. The van der Waals surface area contributed by atoms with Gasteiger partial charge in [0.1, 0.15) is 17.4 Å². The molecule has 8 nitrogen and oxygen atoms in total. The molecule has 0 radical (unpaired) electrons. The summed E-state index contributed by atoms with van der Waals surface area (Å²) < 4.78 is 5.48. The number of benzene rings is 1. The molecule has 1 aromatic rings. The summed E-state index contributed by atoms with van der Waals surface area (Å²) in [7, 11) is 0. The fraction of sp³-hybridized carbons (Fsp3) is 0.654. The van der Waals surface area contributed by atoms with Crippen LogP contribution in [0, 0.1) is 11.3 Å². The Labute approximate surface area is 203 Å². The zero-order chi connectivity index (χ0) is 24.7. The van der Waals surface area contributed by atoms with Gasteiger partial charge in [-0.2, -0.15) is 5.26 Å². The Morgan fingerprint density at radius 3 is 2.15 bits per heavy atom. The number of likely N-dealkylation sites (tertiary alicyclic amines) is 1. The molecular weight excluding hydrogens is 432 g/mol. The van der Waals surface area contributed by atoms with Crippen molar-refractivity contribution in [2.75, 3.05) is 32.7 Å². The van der Waals surface area contributed by atoms with E-state index in [4.69, 9.17) is 15.1 Å². The molecule has 8 heteroatoms. The number of aromatic hydroxyl groups is 1. The van der Waals surface area contributed by atoms with E-state index in [9.17, 15) is 9.59 Å². The number of carbonyl (C=O) groups excluding carboxylic acids is 2. The number of hydrogen-bond acceptors (Lipinski definition) is 6. The predicted octanol–water partition coefficient (Wildman–Crippen LogP) is 3.74. The van der Waals surface area contributed by atoms with Gasteiger partial charge in [-0.25, -0.2) is 4.79 Å². The van der Waals surface area contributed by atoms with Crippen molar-refractivity contribution in [2.45, 2.75) is 77.0 Å². The topological polar surface area (TPSA) is 97.1 Å². The summed E-state index contributed by atoms with van der Waals surface area (Å²) in [6.45, 7) is 9.71. The Morgan fingerprint density at radius 2 is 1.59 bits per heavy atom. The minimum atomic E-state index is -0.528.